The second-order valence-corrected chi connectivity index (χ2v) is 30.2. The maximum Gasteiger partial charge on any atom is 0.199 e. The lowest BCUT2D eigenvalue weighted by molar-refractivity contribution is -0.541. The average Bonchev–Trinajstić information content (AvgIpc) is 0.745. The highest BCUT2D eigenvalue weighted by Gasteiger charge is 2.37. The van der Waals surface area contributed by atoms with Crippen LogP contribution in [0.1, 0.15) is 334 Å². The van der Waals surface area contributed by atoms with E-state index in [1.54, 1.807) is 0 Å². The van der Waals surface area contributed by atoms with E-state index in [0.29, 0.717) is 45.9 Å². The molecule has 2 aromatic carbocycles. The van der Waals surface area contributed by atoms with Crippen LogP contribution in [0.15, 0.2) is 107 Å². The number of benzene rings is 2. The van der Waals surface area contributed by atoms with Gasteiger partial charge in [0.2, 0.25) is 0 Å². The van der Waals surface area contributed by atoms with Crippen LogP contribution in [0.25, 0.3) is 23.3 Å². The van der Waals surface area contributed by atoms with Crippen molar-refractivity contribution in [1.29, 1.82) is 0 Å². The molecule has 0 unspecified atom stereocenters. The summed E-state index contributed by atoms with van der Waals surface area (Å²) in [5.74, 6) is -1.66. The lowest BCUT2D eigenvalue weighted by Crippen LogP contribution is -2.32. The summed E-state index contributed by atoms with van der Waals surface area (Å²) in [6, 6.07) is 5.35. The molecule has 0 aliphatic heterocycles. The number of carbonyl (C=O) groups excluding carboxylic acids is 2. The Bertz CT molecular complexity index is 2850. The number of rotatable bonds is 52. The molecule has 0 saturated carbocycles. The second kappa shape index (κ2) is 46.2. The molecule has 0 amide bonds. The van der Waals surface area contributed by atoms with E-state index < -0.39 is 46.1 Å². The van der Waals surface area contributed by atoms with Crippen molar-refractivity contribution in [3.63, 3.8) is 0 Å². The van der Waals surface area contributed by atoms with Gasteiger partial charge in [0.25, 0.3) is 0 Å². The van der Waals surface area contributed by atoms with E-state index in [1.807, 2.05) is 24.3 Å². The first kappa shape index (κ1) is 82.5. The average molecular weight is 1370 g/mol. The Morgan fingerprint density at radius 2 is 0.520 bits per heavy atom. The Labute approximate surface area is 606 Å². The highest BCUT2D eigenvalue weighted by Crippen LogP contribution is 2.47. The van der Waals surface area contributed by atoms with Crippen molar-refractivity contribution >= 4 is 46.3 Å². The molecule has 4 aliphatic rings. The number of allylic oxidation sites excluding steroid dienone is 14. The molecule has 2 aromatic rings. The fourth-order valence-electron chi connectivity index (χ4n) is 15.6. The van der Waals surface area contributed by atoms with Crippen molar-refractivity contribution < 1.29 is 49.4 Å². The van der Waals surface area contributed by atoms with Gasteiger partial charge in [0.15, 0.2) is 23.0 Å². The third-order valence-corrected chi connectivity index (χ3v) is 21.7. The molecule has 0 fully saturated rings. The van der Waals surface area contributed by atoms with Crippen molar-refractivity contribution in [3.8, 4) is 23.0 Å². The van der Waals surface area contributed by atoms with Crippen LogP contribution in [0, 0.1) is 23.7 Å². The van der Waals surface area contributed by atoms with Gasteiger partial charge in [-0.05, 0) is 122 Å². The minimum Gasteiger partial charge on any atom is -0.871 e. The van der Waals surface area contributed by atoms with Gasteiger partial charge in [-0.2, -0.15) is 0 Å². The molecule has 0 radical (unpaired) electrons. The molecule has 100 heavy (non-hydrogen) atoms. The van der Waals surface area contributed by atoms with Gasteiger partial charge < -0.3 is 30.6 Å². The maximum atomic E-state index is 14.1. The number of hydrogen-bond acceptors (Lipinski definition) is 8. The second-order valence-electron chi connectivity index (χ2n) is 30.2. The normalized spacial score (nSPS) is 14.8. The number of nitrogens with zero attached hydrogens (tertiary/aromatic N) is 2. The van der Waals surface area contributed by atoms with E-state index in [4.69, 9.17) is 0 Å². The van der Waals surface area contributed by atoms with Gasteiger partial charge >= 0.3 is 0 Å². The zero-order valence-corrected chi connectivity index (χ0v) is 63.8. The first-order valence-corrected chi connectivity index (χ1v) is 40.8. The van der Waals surface area contributed by atoms with Crippen LogP contribution in [0.3, 0.4) is 0 Å². The Morgan fingerprint density at radius 1 is 0.310 bits per heavy atom. The quantitative estimate of drug-likeness (QED) is 0.0220. The first-order valence-electron chi connectivity index (χ1n) is 40.8. The van der Waals surface area contributed by atoms with Gasteiger partial charge in [0.1, 0.15) is 49.2 Å². The van der Waals surface area contributed by atoms with Crippen LogP contribution in [0.2, 0.25) is 0 Å². The number of Topliss-reactive ketones (excluding diaryl/α,β-unsaturated/α-hetero) is 2. The van der Waals surface area contributed by atoms with Gasteiger partial charge in [0.05, 0.1) is 11.1 Å². The zero-order valence-electron chi connectivity index (χ0n) is 63.8. The molecule has 4 N–H and O–H groups in total. The van der Waals surface area contributed by atoms with Crippen molar-refractivity contribution in [2.45, 2.75) is 312 Å². The van der Waals surface area contributed by atoms with Crippen molar-refractivity contribution in [1.82, 2.24) is 0 Å². The number of phenols is 4. The standard InChI is InChI=1S/C90H134N2O8/c1-9-17-25-33-41-67(42-34-26-18-10-2)63-91(64-68(43-35-27-19-11-3)44-36-28-20-12-4)75-55-51-73(52-56-75)81-87(97)85(88(81)98)83-77(93)59-71(60-78(83)94)49-50-72-61-79(95)84(80(96)62-72)86-89(99)82(90(86)100)74-53-57-76(58-54-74)92(65-69(45-37-29-21-13-5)46-38-30-22-14-6)66-70(47-39-31-23-15-7)48-40-32-24-16-8/h49-62,67-70H,9-48,63-66H2,1-8H3,(H4,93,94,95,96,97,98,99,100)/b50-49+. The maximum absolute atomic E-state index is 14.1. The highest BCUT2D eigenvalue weighted by molar-refractivity contribution is 6.41. The SMILES string of the molecule is CCCCCCC(CCCCCC)C[N+](CC(CCCCCC)CCCCCC)=C1C=CC(=C2C(=O)C(c3c(O)cc(/C=C/c4cc(O)c(C5=C([O-])C(=C6C=CC(=[N+](CC(CCCCCC)CCCCCC)CC(CCCCCC)CCCCCC)C=C6)C5=O)c(O)c4)cc3O)=C2[O-])C=C1. The molecule has 0 aromatic heterocycles. The van der Waals surface area contributed by atoms with Crippen LogP contribution < -0.4 is 10.2 Å². The molecule has 0 saturated heterocycles. The Morgan fingerprint density at radius 3 is 0.710 bits per heavy atom. The van der Waals surface area contributed by atoms with Gasteiger partial charge in [0, 0.05) is 70.3 Å². The first-order chi connectivity index (χ1) is 48.7. The minimum atomic E-state index is -0.542. The van der Waals surface area contributed by atoms with E-state index in [0.717, 1.165) is 37.6 Å². The summed E-state index contributed by atoms with van der Waals surface area (Å²) in [5.41, 5.74) is 2.90. The number of ketones is 2. The van der Waals surface area contributed by atoms with Crippen LogP contribution in [-0.2, 0) is 9.59 Å². The molecule has 0 heterocycles. The van der Waals surface area contributed by atoms with Gasteiger partial charge in [-0.15, -0.1) is 0 Å². The van der Waals surface area contributed by atoms with E-state index >= 15 is 0 Å². The summed E-state index contributed by atoms with van der Waals surface area (Å²) in [4.78, 5) is 28.2. The van der Waals surface area contributed by atoms with Gasteiger partial charge in [-0.1, -0.05) is 285 Å². The smallest absolute Gasteiger partial charge is 0.199 e. The molecule has 4 aliphatic carbocycles. The summed E-state index contributed by atoms with van der Waals surface area (Å²) in [5, 5.41) is 73.8. The summed E-state index contributed by atoms with van der Waals surface area (Å²) in [6.45, 7) is 22.1. The molecular formula is C90H134N2O8. The molecule has 6 rings (SSSR count). The topological polar surface area (TPSA) is 167 Å². The largest absolute Gasteiger partial charge is 0.871 e. The zero-order chi connectivity index (χ0) is 72.0. The number of phenolic OH excluding ortho intramolecular Hbond substituents is 4. The molecule has 552 valence electrons. The van der Waals surface area contributed by atoms with E-state index in [1.165, 1.54) is 293 Å². The third kappa shape index (κ3) is 25.8. The monoisotopic (exact) mass is 1370 g/mol. The fourth-order valence-corrected chi connectivity index (χ4v) is 15.6. The molecule has 10 nitrogen and oxygen atoms in total. The van der Waals surface area contributed by atoms with Crippen molar-refractivity contribution in [2.75, 3.05) is 26.2 Å². The summed E-state index contributed by atoms with van der Waals surface area (Å²) in [6.07, 6.45) is 68.7. The Kier molecular flexibility index (Phi) is 38.2. The molecule has 0 atom stereocenters. The van der Waals surface area contributed by atoms with E-state index in [-0.39, 0.29) is 33.4 Å². The fraction of sp³-hybridized carbons (Fsp3) is 0.622. The van der Waals surface area contributed by atoms with Crippen LogP contribution >= 0.6 is 0 Å². The highest BCUT2D eigenvalue weighted by atomic mass is 16.3. The number of aromatic hydroxyl groups is 4. The lowest BCUT2D eigenvalue weighted by atomic mass is 9.79. The van der Waals surface area contributed by atoms with Crippen LogP contribution in [0.4, 0.5) is 0 Å². The summed E-state index contributed by atoms with van der Waals surface area (Å²) < 4.78 is 5.24. The molecule has 0 spiro atoms. The number of carbonyl (C=O) groups is 2. The van der Waals surface area contributed by atoms with Crippen LogP contribution in [0.5, 0.6) is 23.0 Å². The molecule has 0 bridgehead atoms. The summed E-state index contributed by atoms with van der Waals surface area (Å²) >= 11 is 0. The summed E-state index contributed by atoms with van der Waals surface area (Å²) in [7, 11) is 0. The molecule has 10 heteroatoms. The third-order valence-electron chi connectivity index (χ3n) is 21.7. The Balaban J connectivity index is 1.22. The lowest BCUT2D eigenvalue weighted by Gasteiger charge is -2.33. The van der Waals surface area contributed by atoms with E-state index in [2.05, 4.69) is 88.8 Å². The Hall–Kier alpha value is -6.42. The van der Waals surface area contributed by atoms with Crippen molar-refractivity contribution in [3.05, 3.63) is 129 Å². The predicted molar refractivity (Wildman–Crippen MR) is 417 cm³/mol. The predicted octanol–water partition coefficient (Wildman–Crippen LogP) is 22.0. The number of hydrogen-bond donors (Lipinski definition) is 4. The minimum absolute atomic E-state index is 0.0295. The molecular weight excluding hydrogens is 1240 g/mol. The van der Waals surface area contributed by atoms with E-state index in [9.17, 15) is 40.2 Å². The van der Waals surface area contributed by atoms with Gasteiger partial charge in [-0.25, -0.2) is 9.15 Å². The number of unbranched alkanes of at least 4 members (excludes halogenated alkanes) is 24. The van der Waals surface area contributed by atoms with Crippen LogP contribution in [-0.4, -0.2) is 78.7 Å². The van der Waals surface area contributed by atoms with Gasteiger partial charge in [-0.3, -0.25) is 9.59 Å². The van der Waals surface area contributed by atoms with Crippen molar-refractivity contribution in [2.24, 2.45) is 23.7 Å².